The van der Waals surface area contributed by atoms with Gasteiger partial charge >= 0.3 is 6.09 Å². The van der Waals surface area contributed by atoms with Gasteiger partial charge in [-0.2, -0.15) is 0 Å². The highest BCUT2D eigenvalue weighted by Crippen LogP contribution is 2.22. The first-order valence-electron chi connectivity index (χ1n) is 7.09. The van der Waals surface area contributed by atoms with Crippen LogP contribution in [0.1, 0.15) is 31.2 Å². The van der Waals surface area contributed by atoms with E-state index >= 15 is 0 Å². The van der Waals surface area contributed by atoms with Crippen LogP contribution in [0.15, 0.2) is 35.4 Å². The summed E-state index contributed by atoms with van der Waals surface area (Å²) in [6.45, 7) is 5.35. The topological polar surface area (TPSA) is 111 Å². The van der Waals surface area contributed by atoms with Crippen LogP contribution in [0.25, 0.3) is 0 Å². The largest absolute Gasteiger partial charge is 0.444 e. The van der Waals surface area contributed by atoms with Crippen LogP contribution in [-0.4, -0.2) is 25.1 Å². The minimum Gasteiger partial charge on any atom is -0.444 e. The summed E-state index contributed by atoms with van der Waals surface area (Å²) >= 11 is 1.33. The number of benzene rings is 1. The number of thiazole rings is 1. The monoisotopic (exact) mass is 369 g/mol. The van der Waals surface area contributed by atoms with Gasteiger partial charge in [-0.1, -0.05) is 12.1 Å². The van der Waals surface area contributed by atoms with Gasteiger partial charge in [0.25, 0.3) is 0 Å². The summed E-state index contributed by atoms with van der Waals surface area (Å²) in [7, 11) is -3.69. The molecular formula is C15H19N3O4S2. The molecule has 1 heterocycles. The highest BCUT2D eigenvalue weighted by atomic mass is 32.2. The number of nitrogens with two attached hydrogens (primary N) is 1. The normalized spacial score (nSPS) is 12.0. The first kappa shape index (κ1) is 18.4. The molecule has 1 aromatic carbocycles. The second kappa shape index (κ2) is 6.88. The number of primary sulfonamides is 1. The zero-order valence-electron chi connectivity index (χ0n) is 13.6. The van der Waals surface area contributed by atoms with Crippen molar-refractivity contribution in [3.8, 4) is 0 Å². The Kier molecular flexibility index (Phi) is 5.26. The van der Waals surface area contributed by atoms with Crippen molar-refractivity contribution >= 4 is 32.6 Å². The van der Waals surface area contributed by atoms with Gasteiger partial charge in [0.15, 0.2) is 5.13 Å². The van der Waals surface area contributed by atoms with Crippen LogP contribution in [-0.2, 0) is 21.2 Å². The lowest BCUT2D eigenvalue weighted by Crippen LogP contribution is -2.27. The van der Waals surface area contributed by atoms with E-state index in [9.17, 15) is 13.2 Å². The van der Waals surface area contributed by atoms with Crippen molar-refractivity contribution in [1.29, 1.82) is 0 Å². The molecule has 7 nitrogen and oxygen atoms in total. The standard InChI is InChI=1S/C15H19N3O4S2/c1-15(2,3)22-14(19)18-13-17-9-11(23-13)8-10-4-6-12(7-5-10)24(16,20)21/h4-7,9H,8H2,1-3H3,(H2,16,20,21)(H,17,18,19). The molecule has 0 saturated carbocycles. The first-order valence-corrected chi connectivity index (χ1v) is 9.46. The summed E-state index contributed by atoms with van der Waals surface area (Å²) in [5.74, 6) is 0. The van der Waals surface area contributed by atoms with Gasteiger partial charge in [0, 0.05) is 17.5 Å². The van der Waals surface area contributed by atoms with Gasteiger partial charge in [-0.15, -0.1) is 11.3 Å². The molecule has 0 saturated heterocycles. The zero-order valence-corrected chi connectivity index (χ0v) is 15.2. The Morgan fingerprint density at radius 1 is 1.29 bits per heavy atom. The molecule has 3 N–H and O–H groups in total. The van der Waals surface area contributed by atoms with Gasteiger partial charge in [-0.05, 0) is 38.5 Å². The number of carbonyl (C=O) groups excluding carboxylic acids is 1. The maximum atomic E-state index is 11.7. The van der Waals surface area contributed by atoms with E-state index in [1.165, 1.54) is 23.5 Å². The smallest absolute Gasteiger partial charge is 0.413 e. The number of sulfonamides is 1. The van der Waals surface area contributed by atoms with Gasteiger partial charge in [0.1, 0.15) is 5.60 Å². The molecule has 0 radical (unpaired) electrons. The zero-order chi connectivity index (χ0) is 18.0. The van der Waals surface area contributed by atoms with Crippen molar-refractivity contribution in [2.24, 2.45) is 5.14 Å². The molecule has 0 fully saturated rings. The maximum absolute atomic E-state index is 11.7. The number of rotatable bonds is 4. The lowest BCUT2D eigenvalue weighted by molar-refractivity contribution is 0.0636. The van der Waals surface area contributed by atoms with Crippen molar-refractivity contribution in [2.75, 3.05) is 5.32 Å². The molecule has 0 aliphatic rings. The van der Waals surface area contributed by atoms with E-state index in [0.29, 0.717) is 11.6 Å². The molecule has 0 atom stereocenters. The molecule has 24 heavy (non-hydrogen) atoms. The summed E-state index contributed by atoms with van der Waals surface area (Å²) in [5.41, 5.74) is 0.338. The Hall–Kier alpha value is -1.97. The predicted octanol–water partition coefficient (Wildman–Crippen LogP) is 2.73. The molecule has 1 amide bonds. The van der Waals surface area contributed by atoms with Crippen LogP contribution in [0.4, 0.5) is 9.93 Å². The van der Waals surface area contributed by atoms with Crippen LogP contribution in [0.2, 0.25) is 0 Å². The fourth-order valence-electron chi connectivity index (χ4n) is 1.84. The number of hydrogen-bond acceptors (Lipinski definition) is 6. The van der Waals surface area contributed by atoms with E-state index in [0.717, 1.165) is 10.4 Å². The molecule has 0 aliphatic heterocycles. The maximum Gasteiger partial charge on any atom is 0.413 e. The van der Waals surface area contributed by atoms with E-state index in [2.05, 4.69) is 10.3 Å². The fraction of sp³-hybridized carbons (Fsp3) is 0.333. The highest BCUT2D eigenvalue weighted by molar-refractivity contribution is 7.89. The van der Waals surface area contributed by atoms with Crippen LogP contribution < -0.4 is 10.5 Å². The van der Waals surface area contributed by atoms with E-state index in [1.807, 2.05) is 0 Å². The van der Waals surface area contributed by atoms with Crippen LogP contribution >= 0.6 is 11.3 Å². The SMILES string of the molecule is CC(C)(C)OC(=O)Nc1ncc(Cc2ccc(S(N)(=O)=O)cc2)s1. The van der Waals surface area contributed by atoms with Gasteiger partial charge in [-0.3, -0.25) is 5.32 Å². The van der Waals surface area contributed by atoms with Gasteiger partial charge in [-0.25, -0.2) is 23.3 Å². The lowest BCUT2D eigenvalue weighted by atomic mass is 10.1. The van der Waals surface area contributed by atoms with Crippen molar-refractivity contribution in [1.82, 2.24) is 4.98 Å². The summed E-state index contributed by atoms with van der Waals surface area (Å²) in [6, 6.07) is 6.32. The Morgan fingerprint density at radius 3 is 2.46 bits per heavy atom. The van der Waals surface area contributed by atoms with Gasteiger partial charge < -0.3 is 4.74 Å². The van der Waals surface area contributed by atoms with E-state index in [1.54, 1.807) is 39.1 Å². The summed E-state index contributed by atoms with van der Waals surface area (Å²) in [6.07, 6.45) is 1.67. The van der Waals surface area contributed by atoms with E-state index < -0.39 is 21.7 Å². The Balaban J connectivity index is 2.00. The second-order valence-electron chi connectivity index (χ2n) is 6.12. The molecular weight excluding hydrogens is 350 g/mol. The number of nitrogens with one attached hydrogen (secondary N) is 1. The van der Waals surface area contributed by atoms with E-state index in [4.69, 9.17) is 9.88 Å². The third kappa shape index (κ3) is 5.59. The van der Waals surface area contributed by atoms with Crippen LogP contribution in [0.3, 0.4) is 0 Å². The molecule has 1 aromatic heterocycles. The fourth-order valence-corrected chi connectivity index (χ4v) is 3.18. The average molecular weight is 369 g/mol. The molecule has 2 rings (SSSR count). The molecule has 0 spiro atoms. The average Bonchev–Trinajstić information content (AvgIpc) is 2.83. The molecule has 0 bridgehead atoms. The number of anilines is 1. The molecule has 9 heteroatoms. The van der Waals surface area contributed by atoms with Crippen LogP contribution in [0.5, 0.6) is 0 Å². The van der Waals surface area contributed by atoms with E-state index in [-0.39, 0.29) is 4.90 Å². The van der Waals surface area contributed by atoms with Crippen LogP contribution in [0, 0.1) is 0 Å². The van der Waals surface area contributed by atoms with Crippen molar-refractivity contribution in [3.05, 3.63) is 40.9 Å². The number of hydrogen-bond donors (Lipinski definition) is 2. The Bertz CT molecular complexity index is 821. The number of ether oxygens (including phenoxy) is 1. The summed E-state index contributed by atoms with van der Waals surface area (Å²) < 4.78 is 27.6. The quantitative estimate of drug-likeness (QED) is 0.861. The summed E-state index contributed by atoms with van der Waals surface area (Å²) in [4.78, 5) is 16.8. The predicted molar refractivity (Wildman–Crippen MR) is 92.6 cm³/mol. The minimum absolute atomic E-state index is 0.0721. The number of nitrogens with zero attached hydrogens (tertiary/aromatic N) is 1. The Morgan fingerprint density at radius 2 is 1.92 bits per heavy atom. The number of aromatic nitrogens is 1. The number of amides is 1. The third-order valence-electron chi connectivity index (χ3n) is 2.79. The molecule has 130 valence electrons. The van der Waals surface area contributed by atoms with Gasteiger partial charge in [0.05, 0.1) is 4.90 Å². The Labute approximate surface area is 144 Å². The number of carbonyl (C=O) groups is 1. The van der Waals surface area contributed by atoms with Crippen molar-refractivity contribution < 1.29 is 17.9 Å². The molecule has 0 aliphatic carbocycles. The lowest BCUT2D eigenvalue weighted by Gasteiger charge is -2.18. The van der Waals surface area contributed by atoms with Gasteiger partial charge in [0.2, 0.25) is 10.0 Å². The van der Waals surface area contributed by atoms with Crippen molar-refractivity contribution in [2.45, 2.75) is 37.7 Å². The first-order chi connectivity index (χ1) is 11.0. The second-order valence-corrected chi connectivity index (χ2v) is 8.80. The molecule has 2 aromatic rings. The highest BCUT2D eigenvalue weighted by Gasteiger charge is 2.17. The third-order valence-corrected chi connectivity index (χ3v) is 4.63. The molecule has 0 unspecified atom stereocenters. The minimum atomic E-state index is -3.69. The van der Waals surface area contributed by atoms with Crippen molar-refractivity contribution in [3.63, 3.8) is 0 Å². The summed E-state index contributed by atoms with van der Waals surface area (Å²) in [5, 5.41) is 8.09.